The Morgan fingerprint density at radius 1 is 1.35 bits per heavy atom. The van der Waals surface area contributed by atoms with E-state index in [1.165, 1.54) is 30.6 Å². The highest BCUT2D eigenvalue weighted by Crippen LogP contribution is 2.13. The van der Waals surface area contributed by atoms with Crippen LogP contribution in [0.15, 0.2) is 42.7 Å². The molecule has 4 nitrogen and oxygen atoms in total. The third-order valence-corrected chi connectivity index (χ3v) is 2.85. The van der Waals surface area contributed by atoms with E-state index in [-0.39, 0.29) is 17.8 Å². The van der Waals surface area contributed by atoms with Crippen LogP contribution in [0.25, 0.3) is 0 Å². The molecule has 0 aliphatic rings. The molecule has 0 saturated heterocycles. The summed E-state index contributed by atoms with van der Waals surface area (Å²) in [6.45, 7) is 1.80. The van der Waals surface area contributed by atoms with Crippen molar-refractivity contribution in [2.45, 2.75) is 13.0 Å². The minimum atomic E-state index is -0.327. The molecule has 0 aliphatic carbocycles. The number of amides is 1. The van der Waals surface area contributed by atoms with Crippen LogP contribution in [0.2, 0.25) is 0 Å². The fourth-order valence-corrected chi connectivity index (χ4v) is 1.74. The maximum atomic E-state index is 12.8. The molecule has 0 spiro atoms. The van der Waals surface area contributed by atoms with Gasteiger partial charge >= 0.3 is 0 Å². The lowest BCUT2D eigenvalue weighted by molar-refractivity contribution is 0.0939. The van der Waals surface area contributed by atoms with Crippen molar-refractivity contribution in [2.75, 3.05) is 0 Å². The number of hydrogen-bond acceptors (Lipinski definition) is 3. The quantitative estimate of drug-likeness (QED) is 0.931. The summed E-state index contributed by atoms with van der Waals surface area (Å²) in [6.07, 6.45) is 2.79. The molecular formula is C15H12FN3O. The molecule has 0 radical (unpaired) electrons. The number of benzene rings is 1. The maximum absolute atomic E-state index is 12.8. The van der Waals surface area contributed by atoms with Gasteiger partial charge in [-0.15, -0.1) is 0 Å². The minimum absolute atomic E-state index is 0.270. The molecule has 1 aromatic carbocycles. The van der Waals surface area contributed by atoms with Gasteiger partial charge in [-0.1, -0.05) is 12.1 Å². The van der Waals surface area contributed by atoms with Crippen LogP contribution in [0.3, 0.4) is 0 Å². The first-order valence-corrected chi connectivity index (χ1v) is 6.01. The summed E-state index contributed by atoms with van der Waals surface area (Å²) in [5.41, 5.74) is 1.44. The van der Waals surface area contributed by atoms with E-state index in [9.17, 15) is 9.18 Å². The van der Waals surface area contributed by atoms with Gasteiger partial charge in [-0.3, -0.25) is 9.78 Å². The molecule has 0 unspecified atom stereocenters. The number of nitriles is 1. The van der Waals surface area contributed by atoms with Gasteiger partial charge in [-0.25, -0.2) is 4.39 Å². The number of halogens is 1. The monoisotopic (exact) mass is 269 g/mol. The van der Waals surface area contributed by atoms with E-state index in [4.69, 9.17) is 5.26 Å². The van der Waals surface area contributed by atoms with Crippen LogP contribution >= 0.6 is 0 Å². The van der Waals surface area contributed by atoms with Gasteiger partial charge in [-0.05, 0) is 30.7 Å². The lowest BCUT2D eigenvalue weighted by atomic mass is 10.1. The summed E-state index contributed by atoms with van der Waals surface area (Å²) >= 11 is 0. The van der Waals surface area contributed by atoms with E-state index in [1.807, 2.05) is 6.07 Å². The number of nitrogens with one attached hydrogen (secondary N) is 1. The van der Waals surface area contributed by atoms with Crippen molar-refractivity contribution in [1.82, 2.24) is 10.3 Å². The van der Waals surface area contributed by atoms with Gasteiger partial charge in [0.05, 0.1) is 17.2 Å². The molecule has 5 heteroatoms. The molecule has 2 rings (SSSR count). The normalized spacial score (nSPS) is 11.4. The molecule has 0 aliphatic heterocycles. The molecule has 20 heavy (non-hydrogen) atoms. The van der Waals surface area contributed by atoms with Gasteiger partial charge in [0.1, 0.15) is 11.9 Å². The van der Waals surface area contributed by atoms with Crippen molar-refractivity contribution in [3.63, 3.8) is 0 Å². The van der Waals surface area contributed by atoms with Crippen molar-refractivity contribution in [1.29, 1.82) is 5.26 Å². The van der Waals surface area contributed by atoms with Gasteiger partial charge in [0.25, 0.3) is 5.91 Å². The van der Waals surface area contributed by atoms with E-state index in [1.54, 1.807) is 19.1 Å². The van der Waals surface area contributed by atoms with Crippen molar-refractivity contribution in [3.8, 4) is 6.07 Å². The summed E-state index contributed by atoms with van der Waals surface area (Å²) in [4.78, 5) is 15.9. The highest BCUT2D eigenvalue weighted by molar-refractivity contribution is 5.94. The van der Waals surface area contributed by atoms with E-state index in [0.717, 1.165) is 5.56 Å². The van der Waals surface area contributed by atoms with Crippen LogP contribution < -0.4 is 5.32 Å². The Bertz CT molecular complexity index is 662. The Kier molecular flexibility index (Phi) is 4.06. The second-order valence-corrected chi connectivity index (χ2v) is 4.32. The first-order valence-electron chi connectivity index (χ1n) is 6.01. The molecular weight excluding hydrogens is 257 g/mol. The zero-order valence-corrected chi connectivity index (χ0v) is 10.8. The lowest BCUT2D eigenvalue weighted by Gasteiger charge is -2.14. The topological polar surface area (TPSA) is 65.8 Å². The Morgan fingerprint density at radius 2 is 2.05 bits per heavy atom. The fraction of sp³-hybridized carbons (Fsp3) is 0.133. The summed E-state index contributed by atoms with van der Waals surface area (Å²) in [6, 6.07) is 9.05. The Morgan fingerprint density at radius 3 is 2.70 bits per heavy atom. The van der Waals surface area contributed by atoms with Gasteiger partial charge < -0.3 is 5.32 Å². The smallest absolute Gasteiger partial charge is 0.253 e. The number of pyridine rings is 1. The van der Waals surface area contributed by atoms with Gasteiger partial charge in [0.2, 0.25) is 0 Å². The lowest BCUT2D eigenvalue weighted by Crippen LogP contribution is -2.26. The highest BCUT2D eigenvalue weighted by atomic mass is 19.1. The van der Waals surface area contributed by atoms with Crippen molar-refractivity contribution >= 4 is 5.91 Å². The van der Waals surface area contributed by atoms with Crippen LogP contribution in [0.5, 0.6) is 0 Å². The summed E-state index contributed by atoms with van der Waals surface area (Å²) in [5, 5.41) is 11.5. The molecule has 1 amide bonds. The first kappa shape index (κ1) is 13.7. The molecule has 1 aromatic heterocycles. The Labute approximate surface area is 115 Å². The number of nitrogens with zero attached hydrogens (tertiary/aromatic N) is 2. The maximum Gasteiger partial charge on any atom is 0.253 e. The summed E-state index contributed by atoms with van der Waals surface area (Å²) in [7, 11) is 0. The standard InChI is InChI=1S/C15H12FN3O/c1-10(12-2-4-14(16)5-3-12)19-15(20)13-6-11(7-17)8-18-9-13/h2-6,8-10H,1H3,(H,19,20)/t10-/m0/s1. The average molecular weight is 269 g/mol. The summed E-state index contributed by atoms with van der Waals surface area (Å²) < 4.78 is 12.8. The first-order chi connectivity index (χ1) is 9.60. The van der Waals surface area contributed by atoms with Crippen molar-refractivity contribution in [3.05, 3.63) is 65.2 Å². The largest absolute Gasteiger partial charge is 0.345 e. The predicted molar refractivity (Wildman–Crippen MR) is 71.2 cm³/mol. The second kappa shape index (κ2) is 5.93. The van der Waals surface area contributed by atoms with Crippen LogP contribution in [-0.2, 0) is 0 Å². The molecule has 0 fully saturated rings. The average Bonchev–Trinajstić information content (AvgIpc) is 2.47. The molecule has 1 atom stereocenters. The van der Waals surface area contributed by atoms with Crippen LogP contribution in [-0.4, -0.2) is 10.9 Å². The molecule has 0 saturated carbocycles. The van der Waals surface area contributed by atoms with Crippen molar-refractivity contribution in [2.24, 2.45) is 0 Å². The highest BCUT2D eigenvalue weighted by Gasteiger charge is 2.12. The fourth-order valence-electron chi connectivity index (χ4n) is 1.74. The Balaban J connectivity index is 2.11. The predicted octanol–water partition coefficient (Wildman–Crippen LogP) is 2.58. The zero-order chi connectivity index (χ0) is 14.5. The number of carbonyl (C=O) groups is 1. The van der Waals surface area contributed by atoms with Gasteiger partial charge in [-0.2, -0.15) is 5.26 Å². The van der Waals surface area contributed by atoms with E-state index >= 15 is 0 Å². The van der Waals surface area contributed by atoms with E-state index < -0.39 is 0 Å². The Hall–Kier alpha value is -2.74. The van der Waals surface area contributed by atoms with Crippen LogP contribution in [0.4, 0.5) is 4.39 Å². The van der Waals surface area contributed by atoms with Gasteiger partial charge in [0, 0.05) is 12.4 Å². The zero-order valence-electron chi connectivity index (χ0n) is 10.8. The number of rotatable bonds is 3. The molecule has 1 heterocycles. The SMILES string of the molecule is C[C@H](NC(=O)c1cncc(C#N)c1)c1ccc(F)cc1. The summed E-state index contributed by atoms with van der Waals surface area (Å²) in [5.74, 6) is -0.648. The van der Waals surface area contributed by atoms with E-state index in [2.05, 4.69) is 10.3 Å². The third kappa shape index (κ3) is 3.18. The number of hydrogen-bond donors (Lipinski definition) is 1. The van der Waals surface area contributed by atoms with Crippen LogP contribution in [0.1, 0.15) is 34.5 Å². The molecule has 0 bridgehead atoms. The van der Waals surface area contributed by atoms with Crippen LogP contribution in [0, 0.1) is 17.1 Å². The van der Waals surface area contributed by atoms with Crippen molar-refractivity contribution < 1.29 is 9.18 Å². The molecule has 1 N–H and O–H groups in total. The molecule has 100 valence electrons. The number of carbonyl (C=O) groups excluding carboxylic acids is 1. The third-order valence-electron chi connectivity index (χ3n) is 2.85. The number of aromatic nitrogens is 1. The van der Waals surface area contributed by atoms with Gasteiger partial charge in [0.15, 0.2) is 0 Å². The molecule has 2 aromatic rings. The second-order valence-electron chi connectivity index (χ2n) is 4.32. The van der Waals surface area contributed by atoms with E-state index in [0.29, 0.717) is 11.1 Å². The minimum Gasteiger partial charge on any atom is -0.345 e.